The molecule has 2 fully saturated rings. The molecule has 35 heavy (non-hydrogen) atoms. The van der Waals surface area contributed by atoms with Crippen LogP contribution in [0.2, 0.25) is 0 Å². The Bertz CT molecular complexity index is 802. The molecule has 0 saturated heterocycles. The molecule has 0 radical (unpaired) electrons. The van der Waals surface area contributed by atoms with E-state index in [0.717, 1.165) is 44.2 Å². The second-order valence-corrected chi connectivity index (χ2v) is 14.3. The van der Waals surface area contributed by atoms with Crippen LogP contribution in [0.25, 0.3) is 0 Å². The first-order chi connectivity index (χ1) is 16.4. The van der Waals surface area contributed by atoms with Crippen molar-refractivity contribution in [2.45, 2.75) is 98.1 Å². The highest BCUT2D eigenvalue weighted by Gasteiger charge is 2.46. The summed E-state index contributed by atoms with van der Waals surface area (Å²) in [6.07, 6.45) is 5.83. The second-order valence-electron chi connectivity index (χ2n) is 12.3. The van der Waals surface area contributed by atoms with Crippen molar-refractivity contribution in [3.05, 3.63) is 29.8 Å². The molecule has 200 valence electrons. The van der Waals surface area contributed by atoms with E-state index in [1.165, 1.54) is 0 Å². The van der Waals surface area contributed by atoms with Gasteiger partial charge < -0.3 is 19.1 Å². The van der Waals surface area contributed by atoms with Gasteiger partial charge in [0.25, 0.3) is 0 Å². The van der Waals surface area contributed by atoms with Gasteiger partial charge in [-0.15, -0.1) is 0 Å². The molecule has 2 aliphatic rings. The van der Waals surface area contributed by atoms with Crippen molar-refractivity contribution in [3.63, 3.8) is 0 Å². The average molecular weight is 508 g/mol. The van der Waals surface area contributed by atoms with E-state index in [9.17, 15) is 9.67 Å². The standard InChI is InChI=1S/C29H50NO4P/c1-19(2)25-15-9-21(5)17-27(25)33-35(32,29(31)23-11-13-24(14-12-23)30(7)8)34-28-18-22(6)10-16-26(28)20(3)4/h11-14,19-22,25-29,31H,9-10,15-18H2,1-8H3/t21-,22-,25-,26+,27-,28-,29-,35?/m1/s1. The Balaban J connectivity index is 1.95. The Morgan fingerprint density at radius 1 is 0.829 bits per heavy atom. The third-order valence-corrected chi connectivity index (χ3v) is 10.5. The first-order valence-corrected chi connectivity index (χ1v) is 15.4. The normalized spacial score (nSPS) is 32.4. The highest BCUT2D eigenvalue weighted by molar-refractivity contribution is 7.54. The number of hydrogen-bond donors (Lipinski definition) is 1. The largest absolute Gasteiger partial charge is 0.378 e. The first-order valence-electron chi connectivity index (χ1n) is 13.8. The molecule has 8 atom stereocenters. The monoisotopic (exact) mass is 507 g/mol. The quantitative estimate of drug-likeness (QED) is 0.344. The molecule has 0 bridgehead atoms. The van der Waals surface area contributed by atoms with Crippen molar-refractivity contribution in [2.75, 3.05) is 19.0 Å². The fourth-order valence-corrected chi connectivity index (χ4v) is 8.17. The molecule has 0 spiro atoms. The molecule has 6 heteroatoms. The SMILES string of the molecule is CC(C)[C@H]1CC[C@@H](C)C[C@H]1OP(=O)(O[C@@H]1C[C@H](C)CC[C@H]1C(C)C)[C@@H](O)c1ccc(N(C)C)cc1. The number of nitrogens with zero attached hydrogens (tertiary/aromatic N) is 1. The topological polar surface area (TPSA) is 59.0 Å². The van der Waals surface area contributed by atoms with Gasteiger partial charge in [0.1, 0.15) is 0 Å². The van der Waals surface area contributed by atoms with Gasteiger partial charge in [0.05, 0.1) is 12.2 Å². The Morgan fingerprint density at radius 2 is 1.26 bits per heavy atom. The van der Waals surface area contributed by atoms with Gasteiger partial charge in [-0.2, -0.15) is 0 Å². The summed E-state index contributed by atoms with van der Waals surface area (Å²) in [5.41, 5.74) is 1.62. The average Bonchev–Trinajstić information content (AvgIpc) is 2.78. The zero-order valence-corrected chi connectivity index (χ0v) is 24.2. The lowest BCUT2D eigenvalue weighted by atomic mass is 9.75. The van der Waals surface area contributed by atoms with Crippen molar-refractivity contribution in [1.29, 1.82) is 0 Å². The van der Waals surface area contributed by atoms with Crippen LogP contribution in [-0.2, 0) is 13.6 Å². The number of rotatable bonds is 9. The predicted molar refractivity (Wildman–Crippen MR) is 146 cm³/mol. The summed E-state index contributed by atoms with van der Waals surface area (Å²) in [5, 5.41) is 11.6. The third-order valence-electron chi connectivity index (χ3n) is 8.49. The molecule has 5 nitrogen and oxygen atoms in total. The number of benzene rings is 1. The molecular weight excluding hydrogens is 457 g/mol. The number of hydrogen-bond acceptors (Lipinski definition) is 5. The molecule has 1 aromatic rings. The van der Waals surface area contributed by atoms with E-state index in [-0.39, 0.29) is 12.2 Å². The van der Waals surface area contributed by atoms with Gasteiger partial charge in [0.2, 0.25) is 0 Å². The van der Waals surface area contributed by atoms with E-state index in [1.807, 2.05) is 43.3 Å². The lowest BCUT2D eigenvalue weighted by Crippen LogP contribution is -2.37. The number of aliphatic hydroxyl groups is 1. The lowest BCUT2D eigenvalue weighted by Gasteiger charge is -2.42. The zero-order chi connectivity index (χ0) is 25.9. The van der Waals surface area contributed by atoms with Gasteiger partial charge >= 0.3 is 7.60 Å². The van der Waals surface area contributed by atoms with Crippen LogP contribution < -0.4 is 4.90 Å². The summed E-state index contributed by atoms with van der Waals surface area (Å²) in [5.74, 6) is 1.21. The molecule has 2 aliphatic carbocycles. The van der Waals surface area contributed by atoms with Crippen LogP contribution in [-0.4, -0.2) is 31.4 Å². The van der Waals surface area contributed by atoms with Gasteiger partial charge in [-0.05, 0) is 78.9 Å². The minimum Gasteiger partial charge on any atom is -0.378 e. The molecule has 0 aliphatic heterocycles. The Kier molecular flexibility index (Phi) is 9.93. The molecule has 0 amide bonds. The summed E-state index contributed by atoms with van der Waals surface area (Å²) in [6, 6.07) is 7.60. The van der Waals surface area contributed by atoms with Crippen LogP contribution in [0.15, 0.2) is 24.3 Å². The summed E-state index contributed by atoms with van der Waals surface area (Å²) in [6.45, 7) is 13.4. The highest BCUT2D eigenvalue weighted by atomic mass is 31.2. The molecule has 1 unspecified atom stereocenters. The second kappa shape index (κ2) is 12.1. The Morgan fingerprint density at radius 3 is 1.63 bits per heavy atom. The predicted octanol–water partition coefficient (Wildman–Crippen LogP) is 7.89. The maximum atomic E-state index is 14.7. The lowest BCUT2D eigenvalue weighted by molar-refractivity contribution is -0.0153. The van der Waals surface area contributed by atoms with E-state index in [0.29, 0.717) is 41.1 Å². The molecule has 3 rings (SSSR count). The third kappa shape index (κ3) is 7.12. The van der Waals surface area contributed by atoms with E-state index in [1.54, 1.807) is 0 Å². The molecule has 0 heterocycles. The van der Waals surface area contributed by atoms with Crippen LogP contribution in [0.5, 0.6) is 0 Å². The van der Waals surface area contributed by atoms with Crippen LogP contribution in [0.3, 0.4) is 0 Å². The minimum atomic E-state index is -3.87. The fourth-order valence-electron chi connectivity index (χ4n) is 6.12. The van der Waals surface area contributed by atoms with Gasteiger partial charge in [0, 0.05) is 19.8 Å². The Hall–Kier alpha value is -0.870. The summed E-state index contributed by atoms with van der Waals surface area (Å²) >= 11 is 0. The van der Waals surface area contributed by atoms with Crippen LogP contribution in [0, 0.1) is 35.5 Å². The first kappa shape index (κ1) is 28.7. The fraction of sp³-hybridized carbons (Fsp3) is 0.793. The van der Waals surface area contributed by atoms with E-state index >= 15 is 0 Å². The molecular formula is C29H50NO4P. The van der Waals surface area contributed by atoms with Crippen molar-refractivity contribution in [1.82, 2.24) is 0 Å². The van der Waals surface area contributed by atoms with Crippen molar-refractivity contribution >= 4 is 13.3 Å². The molecule has 0 aromatic heterocycles. The number of aliphatic hydroxyl groups excluding tert-OH is 1. The number of anilines is 1. The van der Waals surface area contributed by atoms with Gasteiger partial charge in [-0.1, -0.05) is 66.5 Å². The highest BCUT2D eigenvalue weighted by Crippen LogP contribution is 2.64. The molecule has 2 saturated carbocycles. The zero-order valence-electron chi connectivity index (χ0n) is 23.3. The van der Waals surface area contributed by atoms with E-state index < -0.39 is 13.4 Å². The van der Waals surface area contributed by atoms with Crippen LogP contribution in [0.4, 0.5) is 5.69 Å². The van der Waals surface area contributed by atoms with Gasteiger partial charge in [-0.3, -0.25) is 4.57 Å². The maximum absolute atomic E-state index is 14.7. The van der Waals surface area contributed by atoms with E-state index in [4.69, 9.17) is 9.05 Å². The van der Waals surface area contributed by atoms with Crippen LogP contribution >= 0.6 is 7.60 Å². The van der Waals surface area contributed by atoms with E-state index in [2.05, 4.69) is 41.5 Å². The van der Waals surface area contributed by atoms with Crippen molar-refractivity contribution in [2.24, 2.45) is 35.5 Å². The smallest absolute Gasteiger partial charge is 0.363 e. The summed E-state index contributed by atoms with van der Waals surface area (Å²) in [7, 11) is 0.0893. The van der Waals surface area contributed by atoms with Gasteiger partial charge in [0.15, 0.2) is 5.85 Å². The van der Waals surface area contributed by atoms with Crippen molar-refractivity contribution < 1.29 is 18.7 Å². The van der Waals surface area contributed by atoms with Gasteiger partial charge in [-0.25, -0.2) is 0 Å². The summed E-state index contributed by atoms with van der Waals surface area (Å²) in [4.78, 5) is 2.01. The summed E-state index contributed by atoms with van der Waals surface area (Å²) < 4.78 is 27.8. The minimum absolute atomic E-state index is 0.168. The molecule has 1 N–H and O–H groups in total. The molecule has 1 aromatic carbocycles. The maximum Gasteiger partial charge on any atom is 0.363 e. The van der Waals surface area contributed by atoms with Crippen molar-refractivity contribution in [3.8, 4) is 0 Å². The Labute approximate surface area is 214 Å². The van der Waals surface area contributed by atoms with Crippen LogP contribution in [0.1, 0.15) is 91.5 Å².